The summed E-state index contributed by atoms with van der Waals surface area (Å²) in [6.45, 7) is 4.64. The van der Waals surface area contributed by atoms with Gasteiger partial charge in [-0.05, 0) is 42.3 Å². The van der Waals surface area contributed by atoms with Crippen molar-refractivity contribution in [1.82, 2.24) is 9.78 Å². The summed E-state index contributed by atoms with van der Waals surface area (Å²) in [7, 11) is 0. The molecule has 2 N–H and O–H groups in total. The van der Waals surface area contributed by atoms with E-state index in [0.717, 1.165) is 23.2 Å². The van der Waals surface area contributed by atoms with Gasteiger partial charge >= 0.3 is 0 Å². The summed E-state index contributed by atoms with van der Waals surface area (Å²) in [4.78, 5) is 0. The lowest BCUT2D eigenvalue weighted by atomic mass is 10.0. The molecule has 3 heteroatoms. The van der Waals surface area contributed by atoms with Crippen LogP contribution in [0.2, 0.25) is 0 Å². The maximum Gasteiger partial charge on any atom is 0.0645 e. The largest absolute Gasteiger partial charge is 0.330 e. The molecular weight excluding hydrogens is 198 g/mol. The lowest BCUT2D eigenvalue weighted by molar-refractivity contribution is 0.880. The van der Waals surface area contributed by atoms with Crippen LogP contribution >= 0.6 is 0 Å². The average molecular weight is 213 g/mol. The van der Waals surface area contributed by atoms with Gasteiger partial charge in [0, 0.05) is 12.4 Å². The molecule has 1 aromatic heterocycles. The van der Waals surface area contributed by atoms with Gasteiger partial charge in [-0.3, -0.25) is 0 Å². The van der Waals surface area contributed by atoms with E-state index in [-0.39, 0.29) is 0 Å². The number of nitrogens with zero attached hydrogens (tertiary/aromatic N) is 2. The molecule has 0 aliphatic carbocycles. The Balaban J connectivity index is 2.20. The van der Waals surface area contributed by atoms with E-state index in [0.29, 0.717) is 6.54 Å². The van der Waals surface area contributed by atoms with E-state index in [1.54, 1.807) is 6.20 Å². The highest BCUT2D eigenvalue weighted by molar-refractivity contribution is 5.64. The Morgan fingerprint density at radius 1 is 1.31 bits per heavy atom. The molecule has 1 aromatic carbocycles. The van der Waals surface area contributed by atoms with Crippen LogP contribution in [0.5, 0.6) is 0 Å². The van der Waals surface area contributed by atoms with Gasteiger partial charge in [-0.1, -0.05) is 18.7 Å². The predicted molar refractivity (Wildman–Crippen MR) is 66.3 cm³/mol. The summed E-state index contributed by atoms with van der Waals surface area (Å²) < 4.78 is 1.83. The average Bonchev–Trinajstić information content (AvgIpc) is 2.83. The Morgan fingerprint density at radius 3 is 2.62 bits per heavy atom. The highest BCUT2D eigenvalue weighted by atomic mass is 15.3. The molecule has 0 saturated heterocycles. The van der Waals surface area contributed by atoms with E-state index < -0.39 is 0 Å². The fourth-order valence-corrected chi connectivity index (χ4v) is 1.59. The SMILES string of the molecule is C=C(CCN)c1ccc(-n2cccn2)cc1. The molecule has 2 rings (SSSR count). The minimum atomic E-state index is 0.639. The van der Waals surface area contributed by atoms with Gasteiger partial charge in [-0.2, -0.15) is 5.10 Å². The van der Waals surface area contributed by atoms with Crippen LogP contribution < -0.4 is 5.73 Å². The third-order valence-corrected chi connectivity index (χ3v) is 2.49. The molecule has 0 spiro atoms. The molecule has 82 valence electrons. The number of hydrogen-bond acceptors (Lipinski definition) is 2. The van der Waals surface area contributed by atoms with Crippen LogP contribution in [0.3, 0.4) is 0 Å². The van der Waals surface area contributed by atoms with Gasteiger partial charge in [0.15, 0.2) is 0 Å². The van der Waals surface area contributed by atoms with Crippen molar-refractivity contribution in [3.8, 4) is 5.69 Å². The second-order valence-electron chi connectivity index (χ2n) is 3.64. The van der Waals surface area contributed by atoms with Crippen molar-refractivity contribution in [3.05, 3.63) is 54.9 Å². The van der Waals surface area contributed by atoms with Gasteiger partial charge in [0.2, 0.25) is 0 Å². The normalized spacial score (nSPS) is 10.3. The third-order valence-electron chi connectivity index (χ3n) is 2.49. The van der Waals surface area contributed by atoms with Crippen LogP contribution in [0, 0.1) is 0 Å². The Bertz CT molecular complexity index is 454. The molecule has 0 unspecified atom stereocenters. The Kier molecular flexibility index (Phi) is 3.17. The van der Waals surface area contributed by atoms with Gasteiger partial charge in [0.25, 0.3) is 0 Å². The zero-order valence-electron chi connectivity index (χ0n) is 9.13. The van der Waals surface area contributed by atoms with Gasteiger partial charge in [-0.15, -0.1) is 0 Å². The van der Waals surface area contributed by atoms with Gasteiger partial charge < -0.3 is 5.73 Å². The zero-order valence-corrected chi connectivity index (χ0v) is 9.13. The van der Waals surface area contributed by atoms with Crippen molar-refractivity contribution in [2.24, 2.45) is 5.73 Å². The van der Waals surface area contributed by atoms with E-state index in [1.807, 2.05) is 29.1 Å². The highest BCUT2D eigenvalue weighted by Gasteiger charge is 1.99. The third kappa shape index (κ3) is 2.20. The second-order valence-corrected chi connectivity index (χ2v) is 3.64. The molecule has 16 heavy (non-hydrogen) atoms. The summed E-state index contributed by atoms with van der Waals surface area (Å²) in [5.74, 6) is 0. The Labute approximate surface area is 95.2 Å². The zero-order chi connectivity index (χ0) is 11.4. The van der Waals surface area contributed by atoms with Crippen LogP contribution in [-0.2, 0) is 0 Å². The van der Waals surface area contributed by atoms with E-state index in [9.17, 15) is 0 Å². The Morgan fingerprint density at radius 2 is 2.06 bits per heavy atom. The van der Waals surface area contributed by atoms with Crippen molar-refractivity contribution >= 4 is 5.57 Å². The lowest BCUT2D eigenvalue weighted by Gasteiger charge is -2.06. The van der Waals surface area contributed by atoms with Crippen molar-refractivity contribution in [3.63, 3.8) is 0 Å². The fraction of sp³-hybridized carbons (Fsp3) is 0.154. The van der Waals surface area contributed by atoms with Gasteiger partial charge in [-0.25, -0.2) is 4.68 Å². The van der Waals surface area contributed by atoms with Gasteiger partial charge in [0.1, 0.15) is 0 Å². The maximum atomic E-state index is 5.50. The second kappa shape index (κ2) is 4.77. The standard InChI is InChI=1S/C13H15N3/c1-11(7-8-14)12-3-5-13(6-4-12)16-10-2-9-15-16/h2-6,9-10H,1,7-8,14H2. The van der Waals surface area contributed by atoms with Crippen molar-refractivity contribution in [2.75, 3.05) is 6.54 Å². The molecule has 1 heterocycles. The topological polar surface area (TPSA) is 43.8 Å². The summed E-state index contributed by atoms with van der Waals surface area (Å²) in [6.07, 6.45) is 4.52. The molecule has 0 fully saturated rings. The molecule has 3 nitrogen and oxygen atoms in total. The lowest BCUT2D eigenvalue weighted by Crippen LogP contribution is -1.99. The summed E-state index contributed by atoms with van der Waals surface area (Å²) in [6, 6.07) is 10.1. The highest BCUT2D eigenvalue weighted by Crippen LogP contribution is 2.17. The number of nitrogens with two attached hydrogens (primary N) is 1. The molecule has 0 amide bonds. The van der Waals surface area contributed by atoms with Crippen LogP contribution in [0.15, 0.2) is 49.3 Å². The molecule has 2 aromatic rings. The monoisotopic (exact) mass is 213 g/mol. The number of rotatable bonds is 4. The minimum Gasteiger partial charge on any atom is -0.330 e. The van der Waals surface area contributed by atoms with Crippen molar-refractivity contribution < 1.29 is 0 Å². The molecule has 0 radical (unpaired) electrons. The molecule has 0 atom stereocenters. The first kappa shape index (κ1) is 10.6. The van der Waals surface area contributed by atoms with Crippen molar-refractivity contribution in [1.29, 1.82) is 0 Å². The Hall–Kier alpha value is -1.87. The minimum absolute atomic E-state index is 0.639. The van der Waals surface area contributed by atoms with Crippen molar-refractivity contribution in [2.45, 2.75) is 6.42 Å². The van der Waals surface area contributed by atoms with Crippen LogP contribution in [0.1, 0.15) is 12.0 Å². The summed E-state index contributed by atoms with van der Waals surface area (Å²) >= 11 is 0. The molecule has 0 saturated carbocycles. The van der Waals surface area contributed by atoms with Crippen LogP contribution in [-0.4, -0.2) is 16.3 Å². The van der Waals surface area contributed by atoms with Crippen LogP contribution in [0.4, 0.5) is 0 Å². The predicted octanol–water partition coefficient (Wildman–Crippen LogP) is 2.23. The maximum absolute atomic E-state index is 5.50. The van der Waals surface area contributed by atoms with E-state index in [2.05, 4.69) is 23.8 Å². The van der Waals surface area contributed by atoms with E-state index in [1.165, 1.54) is 0 Å². The molecular formula is C13H15N3. The molecule has 0 aliphatic rings. The quantitative estimate of drug-likeness (QED) is 0.846. The first-order valence-corrected chi connectivity index (χ1v) is 5.29. The molecule has 0 bridgehead atoms. The smallest absolute Gasteiger partial charge is 0.0645 e. The number of aromatic nitrogens is 2. The molecule has 0 aliphatic heterocycles. The van der Waals surface area contributed by atoms with E-state index >= 15 is 0 Å². The van der Waals surface area contributed by atoms with Crippen LogP contribution in [0.25, 0.3) is 11.3 Å². The summed E-state index contributed by atoms with van der Waals surface area (Å²) in [5.41, 5.74) is 8.77. The van der Waals surface area contributed by atoms with E-state index in [4.69, 9.17) is 5.73 Å². The first-order chi connectivity index (χ1) is 7.81. The van der Waals surface area contributed by atoms with Gasteiger partial charge in [0.05, 0.1) is 5.69 Å². The first-order valence-electron chi connectivity index (χ1n) is 5.29. The number of hydrogen-bond donors (Lipinski definition) is 1. The fourth-order valence-electron chi connectivity index (χ4n) is 1.59. The number of benzene rings is 1. The summed E-state index contributed by atoms with van der Waals surface area (Å²) in [5, 5.41) is 4.17.